The van der Waals surface area contributed by atoms with Gasteiger partial charge in [-0.15, -0.1) is 0 Å². The van der Waals surface area contributed by atoms with E-state index in [0.29, 0.717) is 5.56 Å². The molecule has 0 amide bonds. The van der Waals surface area contributed by atoms with Crippen molar-refractivity contribution in [2.75, 3.05) is 0 Å². The van der Waals surface area contributed by atoms with Crippen LogP contribution < -0.4 is 5.73 Å². The Kier molecular flexibility index (Phi) is 2.54. The largest absolute Gasteiger partial charge is 0.326 e. The van der Waals surface area contributed by atoms with E-state index in [4.69, 9.17) is 5.73 Å². The van der Waals surface area contributed by atoms with Crippen LogP contribution in [0.25, 0.3) is 0 Å². The van der Waals surface area contributed by atoms with Crippen molar-refractivity contribution in [3.8, 4) is 0 Å². The summed E-state index contributed by atoms with van der Waals surface area (Å²) in [5, 5.41) is 0. The van der Waals surface area contributed by atoms with Gasteiger partial charge in [-0.2, -0.15) is 0 Å². The number of alkyl halides is 2. The molecule has 0 saturated carbocycles. The molecule has 0 bridgehead atoms. The van der Waals surface area contributed by atoms with Crippen LogP contribution in [0.5, 0.6) is 0 Å². The molecule has 2 N–H and O–H groups in total. The number of rotatable bonds is 2. The van der Waals surface area contributed by atoms with Crippen molar-refractivity contribution >= 4 is 0 Å². The quantitative estimate of drug-likeness (QED) is 0.695. The Hall–Kier alpha value is -0.960. The van der Waals surface area contributed by atoms with Crippen molar-refractivity contribution in [3.63, 3.8) is 0 Å². The number of hydrogen-bond acceptors (Lipinski definition) is 1. The normalized spacial score (nSPS) is 10.5. The van der Waals surface area contributed by atoms with E-state index in [1.165, 1.54) is 12.1 Å². The molecule has 0 aliphatic carbocycles. The van der Waals surface area contributed by atoms with Gasteiger partial charge in [0.1, 0.15) is 0 Å². The zero-order valence-corrected chi connectivity index (χ0v) is 5.85. The predicted molar refractivity (Wildman–Crippen MR) is 38.1 cm³/mol. The van der Waals surface area contributed by atoms with Crippen molar-refractivity contribution in [1.82, 2.24) is 0 Å². The van der Waals surface area contributed by atoms with E-state index in [2.05, 4.69) is 6.07 Å². The Morgan fingerprint density at radius 1 is 1.45 bits per heavy atom. The summed E-state index contributed by atoms with van der Waals surface area (Å²) in [6, 6.07) is 6.86. The second-order valence-corrected chi connectivity index (χ2v) is 2.18. The van der Waals surface area contributed by atoms with Crippen LogP contribution in [0, 0.1) is 6.07 Å². The highest BCUT2D eigenvalue weighted by Crippen LogP contribution is 2.18. The molecule has 0 aliphatic heterocycles. The molecular weight excluding hydrogens is 148 g/mol. The average Bonchev–Trinajstić information content (AvgIpc) is 2.05. The lowest BCUT2D eigenvalue weighted by atomic mass is 10.1. The van der Waals surface area contributed by atoms with E-state index in [-0.39, 0.29) is 12.1 Å². The Morgan fingerprint density at radius 2 is 2.18 bits per heavy atom. The molecule has 1 aromatic carbocycles. The maximum atomic E-state index is 12.0. The fourth-order valence-electron chi connectivity index (χ4n) is 0.786. The zero-order valence-electron chi connectivity index (χ0n) is 5.85. The van der Waals surface area contributed by atoms with Crippen molar-refractivity contribution in [3.05, 3.63) is 35.4 Å². The minimum atomic E-state index is -2.43. The van der Waals surface area contributed by atoms with Crippen LogP contribution in [-0.2, 0) is 6.54 Å². The summed E-state index contributed by atoms with van der Waals surface area (Å²) in [5.74, 6) is 0. The molecule has 0 aromatic heterocycles. The van der Waals surface area contributed by atoms with Gasteiger partial charge in [-0.3, -0.25) is 0 Å². The van der Waals surface area contributed by atoms with Gasteiger partial charge in [0.25, 0.3) is 6.43 Å². The second kappa shape index (κ2) is 3.44. The third-order valence-corrected chi connectivity index (χ3v) is 1.36. The van der Waals surface area contributed by atoms with Gasteiger partial charge >= 0.3 is 0 Å². The van der Waals surface area contributed by atoms with Gasteiger partial charge in [-0.1, -0.05) is 0 Å². The fraction of sp³-hybridized carbons (Fsp3) is 0.250. The minimum Gasteiger partial charge on any atom is -0.326 e. The van der Waals surface area contributed by atoms with Gasteiger partial charge in [0.05, 0.1) is 0 Å². The summed E-state index contributed by atoms with van der Waals surface area (Å²) < 4.78 is 24.0. The number of benzene rings is 1. The Bertz CT molecular complexity index is 235. The van der Waals surface area contributed by atoms with Crippen molar-refractivity contribution in [2.45, 2.75) is 13.0 Å². The summed E-state index contributed by atoms with van der Waals surface area (Å²) in [6.45, 7) is 0.275. The number of nitrogens with two attached hydrogens (primary N) is 1. The van der Waals surface area contributed by atoms with Crippen LogP contribution >= 0.6 is 0 Å². The van der Waals surface area contributed by atoms with Crippen LogP contribution in [0.15, 0.2) is 18.2 Å². The third kappa shape index (κ3) is 1.98. The van der Waals surface area contributed by atoms with Gasteiger partial charge in [0, 0.05) is 12.1 Å². The van der Waals surface area contributed by atoms with Crippen LogP contribution in [-0.4, -0.2) is 0 Å². The van der Waals surface area contributed by atoms with Crippen LogP contribution in [0.3, 0.4) is 0 Å². The molecule has 0 spiro atoms. The molecule has 1 aromatic rings. The van der Waals surface area contributed by atoms with Crippen molar-refractivity contribution in [2.24, 2.45) is 5.73 Å². The van der Waals surface area contributed by atoms with E-state index in [1.54, 1.807) is 6.07 Å². The summed E-state index contributed by atoms with van der Waals surface area (Å²) in [5.41, 5.74) is 5.92. The summed E-state index contributed by atoms with van der Waals surface area (Å²) >= 11 is 0. The second-order valence-electron chi connectivity index (χ2n) is 2.18. The first-order chi connectivity index (χ1) is 5.24. The standard InChI is InChI=1S/C8H8F2N/c9-8(10)7-3-1-2-6(4-7)5-11/h2-4,8H,5,11H2. The fourth-order valence-corrected chi connectivity index (χ4v) is 0.786. The lowest BCUT2D eigenvalue weighted by Gasteiger charge is -2.00. The summed E-state index contributed by atoms with van der Waals surface area (Å²) in [4.78, 5) is 0. The van der Waals surface area contributed by atoms with Crippen LogP contribution in [0.4, 0.5) is 8.78 Å². The first kappa shape index (κ1) is 8.14. The molecule has 1 nitrogen and oxygen atoms in total. The molecule has 3 heteroatoms. The van der Waals surface area contributed by atoms with E-state index >= 15 is 0 Å². The van der Waals surface area contributed by atoms with E-state index < -0.39 is 6.43 Å². The Balaban J connectivity index is 2.91. The molecule has 0 fully saturated rings. The summed E-state index contributed by atoms with van der Waals surface area (Å²) in [7, 11) is 0. The SMILES string of the molecule is NCc1c[c]cc(C(F)F)c1. The van der Waals surface area contributed by atoms with E-state index in [0.717, 1.165) is 0 Å². The first-order valence-electron chi connectivity index (χ1n) is 3.22. The van der Waals surface area contributed by atoms with Gasteiger partial charge in [-0.25, -0.2) is 8.78 Å². The predicted octanol–water partition coefficient (Wildman–Crippen LogP) is 1.88. The highest BCUT2D eigenvalue weighted by atomic mass is 19.3. The highest BCUT2D eigenvalue weighted by Gasteiger charge is 2.05. The molecule has 1 rings (SSSR count). The van der Waals surface area contributed by atoms with Gasteiger partial charge in [0.2, 0.25) is 0 Å². The lowest BCUT2D eigenvalue weighted by Crippen LogP contribution is -1.97. The minimum absolute atomic E-state index is 0.0204. The Morgan fingerprint density at radius 3 is 2.73 bits per heavy atom. The van der Waals surface area contributed by atoms with E-state index in [9.17, 15) is 8.78 Å². The summed E-state index contributed by atoms with van der Waals surface area (Å²) in [6.07, 6.45) is -2.43. The molecule has 0 aliphatic rings. The molecule has 0 atom stereocenters. The van der Waals surface area contributed by atoms with Crippen molar-refractivity contribution < 1.29 is 8.78 Å². The van der Waals surface area contributed by atoms with E-state index in [1.807, 2.05) is 0 Å². The smallest absolute Gasteiger partial charge is 0.263 e. The van der Waals surface area contributed by atoms with Gasteiger partial charge in [0.15, 0.2) is 0 Å². The molecular formula is C8H8F2N. The maximum absolute atomic E-state index is 12.0. The maximum Gasteiger partial charge on any atom is 0.263 e. The molecule has 0 heterocycles. The molecule has 1 radical (unpaired) electrons. The third-order valence-electron chi connectivity index (χ3n) is 1.36. The topological polar surface area (TPSA) is 26.0 Å². The van der Waals surface area contributed by atoms with Crippen LogP contribution in [0.2, 0.25) is 0 Å². The monoisotopic (exact) mass is 156 g/mol. The van der Waals surface area contributed by atoms with Gasteiger partial charge in [-0.05, 0) is 29.8 Å². The first-order valence-corrected chi connectivity index (χ1v) is 3.22. The molecule has 11 heavy (non-hydrogen) atoms. The number of halogens is 2. The Labute approximate surface area is 63.8 Å². The zero-order chi connectivity index (χ0) is 8.27. The molecule has 0 unspecified atom stereocenters. The average molecular weight is 156 g/mol. The molecule has 0 saturated heterocycles. The van der Waals surface area contributed by atoms with Gasteiger partial charge < -0.3 is 5.73 Å². The molecule has 59 valence electrons. The van der Waals surface area contributed by atoms with Crippen molar-refractivity contribution in [1.29, 1.82) is 0 Å². The van der Waals surface area contributed by atoms with Crippen LogP contribution in [0.1, 0.15) is 17.6 Å². The highest BCUT2D eigenvalue weighted by molar-refractivity contribution is 5.23. The lowest BCUT2D eigenvalue weighted by molar-refractivity contribution is 0.151. The number of hydrogen-bond donors (Lipinski definition) is 1.